The van der Waals surface area contributed by atoms with E-state index in [2.05, 4.69) is 10.3 Å². The minimum absolute atomic E-state index is 0.0122. The second-order valence-electron chi connectivity index (χ2n) is 10.4. The number of thiazole rings is 1. The van der Waals surface area contributed by atoms with Crippen molar-refractivity contribution in [1.29, 1.82) is 0 Å². The molecule has 2 saturated carbocycles. The van der Waals surface area contributed by atoms with Crippen molar-refractivity contribution < 1.29 is 23.9 Å². The molecule has 38 heavy (non-hydrogen) atoms. The number of rotatable bonds is 4. The molecule has 2 bridgehead atoms. The van der Waals surface area contributed by atoms with Crippen molar-refractivity contribution in [2.45, 2.75) is 22.6 Å². The summed E-state index contributed by atoms with van der Waals surface area (Å²) < 4.78 is 13.8. The second kappa shape index (κ2) is 8.54. The van der Waals surface area contributed by atoms with E-state index >= 15 is 0 Å². The number of likely N-dealkylation sites (tertiary alicyclic amines) is 1. The number of carbonyl (C=O) groups is 3. The molecule has 3 fully saturated rings. The molecular formula is C27H22FN3O5S2. The van der Waals surface area contributed by atoms with E-state index in [1.165, 1.54) is 36.4 Å². The number of aromatic nitrogens is 1. The minimum atomic E-state index is -0.504. The number of imide groups is 1. The maximum atomic E-state index is 13.8. The predicted octanol–water partition coefficient (Wildman–Crippen LogP) is 3.39. The molecule has 1 aromatic heterocycles. The Hall–Kier alpha value is -3.44. The van der Waals surface area contributed by atoms with Gasteiger partial charge in [0.2, 0.25) is 17.7 Å². The van der Waals surface area contributed by atoms with Gasteiger partial charge in [0.05, 0.1) is 16.9 Å². The quantitative estimate of drug-likeness (QED) is 0.338. The first-order chi connectivity index (χ1) is 18.3. The van der Waals surface area contributed by atoms with Crippen LogP contribution >= 0.6 is 23.1 Å². The molecule has 6 unspecified atom stereocenters. The fourth-order valence-corrected chi connectivity index (χ4v) is 10.1. The molecular weight excluding hydrogens is 529 g/mol. The van der Waals surface area contributed by atoms with E-state index in [-0.39, 0.29) is 63.7 Å². The van der Waals surface area contributed by atoms with E-state index in [0.29, 0.717) is 5.69 Å². The molecule has 11 heteroatoms. The zero-order chi connectivity index (χ0) is 26.3. The Morgan fingerprint density at radius 1 is 1.03 bits per heavy atom. The number of phenolic OH excluding ortho intramolecular Hbond substituents is 1. The molecule has 3 amide bonds. The van der Waals surface area contributed by atoms with E-state index in [4.69, 9.17) is 0 Å². The first kappa shape index (κ1) is 23.7. The van der Waals surface area contributed by atoms with Gasteiger partial charge in [-0.25, -0.2) is 4.39 Å². The monoisotopic (exact) mass is 551 g/mol. The van der Waals surface area contributed by atoms with Crippen LogP contribution in [-0.4, -0.2) is 44.5 Å². The number of thioether (sulfide) groups is 1. The molecule has 3 aromatic rings. The van der Waals surface area contributed by atoms with E-state index in [1.807, 2.05) is 0 Å². The average Bonchev–Trinajstić information content (AvgIpc) is 3.62. The van der Waals surface area contributed by atoms with Gasteiger partial charge in [-0.1, -0.05) is 23.5 Å². The number of hydrogen-bond donors (Lipinski definition) is 3. The van der Waals surface area contributed by atoms with Crippen LogP contribution in [0.2, 0.25) is 0 Å². The molecule has 3 heterocycles. The fraction of sp³-hybridized carbons (Fsp3) is 0.333. The number of halogens is 1. The van der Waals surface area contributed by atoms with Crippen molar-refractivity contribution in [1.82, 2.24) is 9.88 Å². The van der Waals surface area contributed by atoms with Crippen LogP contribution in [0.15, 0.2) is 58.4 Å². The van der Waals surface area contributed by atoms with Crippen LogP contribution in [0.3, 0.4) is 0 Å². The molecule has 0 radical (unpaired) electrons. The van der Waals surface area contributed by atoms with Crippen LogP contribution < -0.4 is 10.2 Å². The Morgan fingerprint density at radius 2 is 1.71 bits per heavy atom. The Morgan fingerprint density at radius 3 is 2.42 bits per heavy atom. The van der Waals surface area contributed by atoms with E-state index in [0.717, 1.165) is 38.1 Å². The lowest BCUT2D eigenvalue weighted by atomic mass is 9.68. The van der Waals surface area contributed by atoms with Crippen molar-refractivity contribution in [2.75, 3.05) is 11.9 Å². The van der Waals surface area contributed by atoms with Crippen LogP contribution in [0.1, 0.15) is 22.8 Å². The zero-order valence-corrected chi connectivity index (χ0v) is 21.4. The van der Waals surface area contributed by atoms with Crippen molar-refractivity contribution in [3.63, 3.8) is 0 Å². The summed E-state index contributed by atoms with van der Waals surface area (Å²) in [7, 11) is 0. The molecule has 2 aliphatic carbocycles. The Balaban J connectivity index is 1.19. The van der Waals surface area contributed by atoms with Gasteiger partial charge in [-0.3, -0.25) is 24.1 Å². The Bertz CT molecular complexity index is 1540. The Labute approximate surface area is 224 Å². The zero-order valence-electron chi connectivity index (χ0n) is 19.8. The smallest absolute Gasteiger partial charge is 0.305 e. The van der Waals surface area contributed by atoms with Gasteiger partial charge in [-0.2, -0.15) is 0 Å². The number of aromatic amines is 1. The van der Waals surface area contributed by atoms with Crippen LogP contribution in [-0.2, 0) is 14.4 Å². The molecule has 2 aromatic carbocycles. The average molecular weight is 552 g/mol. The molecule has 194 valence electrons. The van der Waals surface area contributed by atoms with Gasteiger partial charge in [0.25, 0.3) is 0 Å². The highest BCUT2D eigenvalue weighted by molar-refractivity contribution is 8.00. The predicted molar refractivity (Wildman–Crippen MR) is 138 cm³/mol. The first-order valence-corrected chi connectivity index (χ1v) is 14.1. The summed E-state index contributed by atoms with van der Waals surface area (Å²) in [6, 6.07) is 12.3. The van der Waals surface area contributed by atoms with E-state index in [1.54, 1.807) is 23.9 Å². The summed E-state index contributed by atoms with van der Waals surface area (Å²) in [6.45, 7) is -0.366. The van der Waals surface area contributed by atoms with Gasteiger partial charge in [-0.05, 0) is 66.1 Å². The maximum Gasteiger partial charge on any atom is 0.305 e. The van der Waals surface area contributed by atoms with Crippen molar-refractivity contribution >= 4 is 46.5 Å². The molecule has 7 atom stereocenters. The molecule has 1 saturated heterocycles. The standard InChI is InChI=1S/C27H22FN3O5S2/c28-12-3-1-11(2-4-12)18-19-15-9-16(22(19)37-24-23(18)38-27(36)30-24)21-20(15)25(34)31(26(21)35)10-17(33)29-13-5-7-14(32)8-6-13/h1-8,15-16,18-22,32H,9-10H2,(H,29,33)(H,30,36)/t15?,16?,18-,19?,20?,21?,22?/m1/s1. The third-order valence-corrected chi connectivity index (χ3v) is 11.1. The largest absolute Gasteiger partial charge is 0.508 e. The molecule has 3 N–H and O–H groups in total. The number of phenols is 1. The topological polar surface area (TPSA) is 120 Å². The number of carbonyl (C=O) groups excluding carboxylic acids is 3. The highest BCUT2D eigenvalue weighted by Crippen LogP contribution is 2.68. The highest BCUT2D eigenvalue weighted by atomic mass is 32.2. The van der Waals surface area contributed by atoms with Crippen molar-refractivity contribution in [2.24, 2.45) is 29.6 Å². The Kier molecular flexibility index (Phi) is 5.31. The lowest BCUT2D eigenvalue weighted by Crippen LogP contribution is -2.42. The van der Waals surface area contributed by atoms with Gasteiger partial charge in [0, 0.05) is 21.7 Å². The number of nitrogens with one attached hydrogen (secondary N) is 2. The number of aromatic hydroxyl groups is 1. The van der Waals surface area contributed by atoms with Crippen molar-refractivity contribution in [3.05, 3.63) is 74.5 Å². The molecule has 8 nitrogen and oxygen atoms in total. The van der Waals surface area contributed by atoms with Gasteiger partial charge in [0.15, 0.2) is 0 Å². The number of benzene rings is 2. The van der Waals surface area contributed by atoms with Gasteiger partial charge in [-0.15, -0.1) is 11.8 Å². The third-order valence-electron chi connectivity index (χ3n) is 8.50. The molecule has 2 aliphatic heterocycles. The summed E-state index contributed by atoms with van der Waals surface area (Å²) in [6.07, 6.45) is 0.736. The van der Waals surface area contributed by atoms with Gasteiger partial charge < -0.3 is 15.4 Å². The van der Waals surface area contributed by atoms with Crippen LogP contribution in [0.25, 0.3) is 0 Å². The highest BCUT2D eigenvalue weighted by Gasteiger charge is 2.69. The summed E-state index contributed by atoms with van der Waals surface area (Å²) in [5.41, 5.74) is 1.35. The van der Waals surface area contributed by atoms with E-state index < -0.39 is 17.7 Å². The molecule has 7 rings (SSSR count). The number of fused-ring (bicyclic) bond motifs is 9. The lowest BCUT2D eigenvalue weighted by Gasteiger charge is -2.43. The number of anilines is 1. The van der Waals surface area contributed by atoms with Crippen LogP contribution in [0.4, 0.5) is 10.1 Å². The maximum absolute atomic E-state index is 13.8. The molecule has 0 spiro atoms. The van der Waals surface area contributed by atoms with E-state index in [9.17, 15) is 28.7 Å². The van der Waals surface area contributed by atoms with Gasteiger partial charge >= 0.3 is 4.87 Å². The van der Waals surface area contributed by atoms with Crippen LogP contribution in [0, 0.1) is 35.4 Å². The van der Waals surface area contributed by atoms with Crippen LogP contribution in [0.5, 0.6) is 5.75 Å². The first-order valence-electron chi connectivity index (χ1n) is 12.4. The number of hydrogen-bond acceptors (Lipinski definition) is 7. The summed E-state index contributed by atoms with van der Waals surface area (Å²) >= 11 is 2.74. The second-order valence-corrected chi connectivity index (χ2v) is 12.6. The number of amides is 3. The van der Waals surface area contributed by atoms with Gasteiger partial charge in [0.1, 0.15) is 18.1 Å². The lowest BCUT2D eigenvalue weighted by molar-refractivity contribution is -0.143. The number of nitrogens with zero attached hydrogens (tertiary/aromatic N) is 1. The normalized spacial score (nSPS) is 30.8. The fourth-order valence-electron chi connectivity index (χ4n) is 7.17. The summed E-state index contributed by atoms with van der Waals surface area (Å²) in [5, 5.41) is 12.9. The third kappa shape index (κ3) is 3.48. The summed E-state index contributed by atoms with van der Waals surface area (Å²) in [5.74, 6) is -2.68. The SMILES string of the molecule is O=C(CN1C(=O)C2C3CC(C2C1=O)C1C3Sc2[nH]c(=O)sc2[C@@H]1c1ccc(F)cc1)Nc1ccc(O)cc1. The van der Waals surface area contributed by atoms with Crippen molar-refractivity contribution in [3.8, 4) is 5.75 Å². The minimum Gasteiger partial charge on any atom is -0.508 e. The summed E-state index contributed by atoms with van der Waals surface area (Å²) in [4.78, 5) is 56.9. The number of H-pyrrole nitrogens is 1. The molecule has 4 aliphatic rings.